The average Bonchev–Trinajstić information content (AvgIpc) is 2.45. The van der Waals surface area contributed by atoms with Crippen LogP contribution < -0.4 is 10.1 Å². The molecule has 5 heteroatoms. The average molecular weight is 267 g/mol. The van der Waals surface area contributed by atoms with Gasteiger partial charge in [-0.2, -0.15) is 0 Å². The van der Waals surface area contributed by atoms with Crippen LogP contribution in [0.5, 0.6) is 5.75 Å². The Hall–Kier alpha value is -1.59. The lowest BCUT2D eigenvalue weighted by Crippen LogP contribution is -2.27. The Morgan fingerprint density at radius 2 is 2.21 bits per heavy atom. The van der Waals surface area contributed by atoms with Crippen molar-refractivity contribution in [1.82, 2.24) is 5.32 Å². The largest absolute Gasteiger partial charge is 0.497 e. The molecule has 0 heterocycles. The maximum atomic E-state index is 11.6. The van der Waals surface area contributed by atoms with Crippen molar-refractivity contribution in [2.45, 2.75) is 12.8 Å². The molecule has 0 fully saturated rings. The molecule has 0 bridgehead atoms. The van der Waals surface area contributed by atoms with Crippen molar-refractivity contribution in [3.05, 3.63) is 29.8 Å². The number of hydrogen-bond acceptors (Lipinski definition) is 4. The van der Waals surface area contributed by atoms with E-state index in [1.807, 2.05) is 24.3 Å². The van der Waals surface area contributed by atoms with Gasteiger partial charge in [-0.15, -0.1) is 0 Å². The predicted octanol–water partition coefficient (Wildman–Crippen LogP) is 0.753. The Labute approximate surface area is 113 Å². The molecule has 1 amide bonds. The lowest BCUT2D eigenvalue weighted by atomic mass is 10.1. The van der Waals surface area contributed by atoms with Gasteiger partial charge in [0.25, 0.3) is 0 Å². The molecule has 1 aromatic rings. The van der Waals surface area contributed by atoms with E-state index in [1.165, 1.54) is 0 Å². The molecule has 1 aromatic carbocycles. The van der Waals surface area contributed by atoms with Gasteiger partial charge in [-0.25, -0.2) is 0 Å². The Balaban J connectivity index is 2.18. The molecule has 0 unspecified atom stereocenters. The highest BCUT2D eigenvalue weighted by Crippen LogP contribution is 2.13. The number of amides is 1. The minimum atomic E-state index is -0.00424. The quantitative estimate of drug-likeness (QED) is 0.648. The van der Waals surface area contributed by atoms with E-state index in [1.54, 1.807) is 7.11 Å². The van der Waals surface area contributed by atoms with Crippen molar-refractivity contribution in [1.29, 1.82) is 0 Å². The zero-order valence-corrected chi connectivity index (χ0v) is 11.2. The number of nitrogens with one attached hydrogen (secondary N) is 1. The molecule has 0 radical (unpaired) electrons. The highest BCUT2D eigenvalue weighted by molar-refractivity contribution is 5.76. The van der Waals surface area contributed by atoms with E-state index in [0.29, 0.717) is 32.6 Å². The zero-order chi connectivity index (χ0) is 13.9. The van der Waals surface area contributed by atoms with E-state index in [0.717, 1.165) is 11.3 Å². The monoisotopic (exact) mass is 267 g/mol. The lowest BCUT2D eigenvalue weighted by molar-refractivity contribution is -0.121. The third-order valence-electron chi connectivity index (χ3n) is 2.58. The van der Waals surface area contributed by atoms with Gasteiger partial charge in [-0.3, -0.25) is 4.79 Å². The topological polar surface area (TPSA) is 67.8 Å². The van der Waals surface area contributed by atoms with Gasteiger partial charge in [0.2, 0.25) is 5.91 Å². The van der Waals surface area contributed by atoms with Crippen LogP contribution in [-0.4, -0.2) is 44.5 Å². The molecule has 0 spiro atoms. The second-order valence-corrected chi connectivity index (χ2v) is 4.04. The number of methoxy groups -OCH3 is 1. The molecule has 19 heavy (non-hydrogen) atoms. The SMILES string of the molecule is COc1cccc(CCC(=O)NCCOCCO)c1. The van der Waals surface area contributed by atoms with Gasteiger partial charge < -0.3 is 19.9 Å². The normalized spacial score (nSPS) is 10.2. The number of ether oxygens (including phenoxy) is 2. The second kappa shape index (κ2) is 9.35. The smallest absolute Gasteiger partial charge is 0.220 e. The highest BCUT2D eigenvalue weighted by Gasteiger charge is 2.02. The molecule has 0 aromatic heterocycles. The van der Waals surface area contributed by atoms with Crippen LogP contribution in [0, 0.1) is 0 Å². The summed E-state index contributed by atoms with van der Waals surface area (Å²) in [6.45, 7) is 1.20. The fourth-order valence-corrected chi connectivity index (χ4v) is 1.60. The van der Waals surface area contributed by atoms with E-state index in [4.69, 9.17) is 14.6 Å². The van der Waals surface area contributed by atoms with Gasteiger partial charge >= 0.3 is 0 Å². The standard InChI is InChI=1S/C14H21NO4/c1-18-13-4-2-3-12(11-13)5-6-14(17)15-7-9-19-10-8-16/h2-4,11,16H,5-10H2,1H3,(H,15,17). The lowest BCUT2D eigenvalue weighted by Gasteiger charge is -2.06. The molecule has 106 valence electrons. The summed E-state index contributed by atoms with van der Waals surface area (Å²) in [5.41, 5.74) is 1.08. The number of aliphatic hydroxyl groups excluding tert-OH is 1. The van der Waals surface area contributed by atoms with E-state index in [2.05, 4.69) is 5.32 Å². The summed E-state index contributed by atoms with van der Waals surface area (Å²) in [6.07, 6.45) is 1.12. The molecule has 2 N–H and O–H groups in total. The molecule has 5 nitrogen and oxygen atoms in total. The summed E-state index contributed by atoms with van der Waals surface area (Å²) in [6, 6.07) is 7.69. The summed E-state index contributed by atoms with van der Waals surface area (Å²) in [5.74, 6) is 0.797. The Kier molecular flexibility index (Phi) is 7.62. The Bertz CT molecular complexity index is 381. The van der Waals surface area contributed by atoms with E-state index in [9.17, 15) is 4.79 Å². The molecule has 0 aliphatic carbocycles. The van der Waals surface area contributed by atoms with Crippen molar-refractivity contribution in [3.8, 4) is 5.75 Å². The first kappa shape index (κ1) is 15.5. The van der Waals surface area contributed by atoms with E-state index >= 15 is 0 Å². The molecular formula is C14H21NO4. The predicted molar refractivity (Wildman–Crippen MR) is 72.2 cm³/mol. The van der Waals surface area contributed by atoms with Gasteiger partial charge in [0.1, 0.15) is 5.75 Å². The fourth-order valence-electron chi connectivity index (χ4n) is 1.60. The van der Waals surface area contributed by atoms with Crippen LogP contribution >= 0.6 is 0 Å². The number of aliphatic hydroxyl groups is 1. The summed E-state index contributed by atoms with van der Waals surface area (Å²) in [5, 5.41) is 11.3. The van der Waals surface area contributed by atoms with Crippen molar-refractivity contribution < 1.29 is 19.4 Å². The van der Waals surface area contributed by atoms with Gasteiger partial charge in [0.05, 0.1) is 26.9 Å². The number of rotatable bonds is 9. The summed E-state index contributed by atoms with van der Waals surface area (Å²) in [4.78, 5) is 11.6. The maximum absolute atomic E-state index is 11.6. The molecule has 0 saturated heterocycles. The van der Waals surface area contributed by atoms with Crippen molar-refractivity contribution in [2.75, 3.05) is 33.5 Å². The Morgan fingerprint density at radius 1 is 1.37 bits per heavy atom. The van der Waals surface area contributed by atoms with Crippen molar-refractivity contribution >= 4 is 5.91 Å². The van der Waals surface area contributed by atoms with Crippen LogP contribution in [0.2, 0.25) is 0 Å². The number of carbonyl (C=O) groups excluding carboxylic acids is 1. The third-order valence-corrected chi connectivity index (χ3v) is 2.58. The number of benzene rings is 1. The van der Waals surface area contributed by atoms with Gasteiger partial charge in [0.15, 0.2) is 0 Å². The first-order valence-electron chi connectivity index (χ1n) is 6.34. The molecule has 0 aliphatic heterocycles. The molecule has 0 atom stereocenters. The second-order valence-electron chi connectivity index (χ2n) is 4.04. The number of hydrogen-bond donors (Lipinski definition) is 2. The molecule has 1 rings (SSSR count). The summed E-state index contributed by atoms with van der Waals surface area (Å²) < 4.78 is 10.2. The minimum Gasteiger partial charge on any atom is -0.497 e. The van der Waals surface area contributed by atoms with Crippen LogP contribution in [-0.2, 0) is 16.0 Å². The fraction of sp³-hybridized carbons (Fsp3) is 0.500. The van der Waals surface area contributed by atoms with Crippen molar-refractivity contribution in [3.63, 3.8) is 0 Å². The molecular weight excluding hydrogens is 246 g/mol. The van der Waals surface area contributed by atoms with Gasteiger partial charge in [0, 0.05) is 13.0 Å². The number of carbonyl (C=O) groups is 1. The van der Waals surface area contributed by atoms with Gasteiger partial charge in [-0.1, -0.05) is 12.1 Å². The first-order chi connectivity index (χ1) is 9.26. The van der Waals surface area contributed by atoms with Crippen molar-refractivity contribution in [2.24, 2.45) is 0 Å². The van der Waals surface area contributed by atoms with Crippen LogP contribution in [0.15, 0.2) is 24.3 Å². The minimum absolute atomic E-state index is 0.00376. The van der Waals surface area contributed by atoms with Crippen LogP contribution in [0.3, 0.4) is 0 Å². The Morgan fingerprint density at radius 3 is 2.95 bits per heavy atom. The summed E-state index contributed by atoms with van der Waals surface area (Å²) >= 11 is 0. The first-order valence-corrected chi connectivity index (χ1v) is 6.34. The third kappa shape index (κ3) is 6.79. The van der Waals surface area contributed by atoms with E-state index < -0.39 is 0 Å². The van der Waals surface area contributed by atoms with Crippen LogP contribution in [0.4, 0.5) is 0 Å². The van der Waals surface area contributed by atoms with Gasteiger partial charge in [-0.05, 0) is 24.1 Å². The van der Waals surface area contributed by atoms with E-state index in [-0.39, 0.29) is 12.5 Å². The van der Waals surface area contributed by atoms with Crippen LogP contribution in [0.1, 0.15) is 12.0 Å². The number of aryl methyl sites for hydroxylation is 1. The maximum Gasteiger partial charge on any atom is 0.220 e. The van der Waals surface area contributed by atoms with Crippen LogP contribution in [0.25, 0.3) is 0 Å². The molecule has 0 saturated carbocycles. The zero-order valence-electron chi connectivity index (χ0n) is 11.2. The molecule has 0 aliphatic rings. The summed E-state index contributed by atoms with van der Waals surface area (Å²) in [7, 11) is 1.62. The highest BCUT2D eigenvalue weighted by atomic mass is 16.5.